The summed E-state index contributed by atoms with van der Waals surface area (Å²) in [6, 6.07) is 0. The molecule has 7 heteroatoms. The average molecular weight is 288 g/mol. The minimum absolute atomic E-state index is 0.101. The molecule has 6 nitrogen and oxygen atoms in total. The lowest BCUT2D eigenvalue weighted by molar-refractivity contribution is 0.0365. The number of ether oxygens (including phenoxy) is 2. The van der Waals surface area contributed by atoms with Gasteiger partial charge in [-0.2, -0.15) is 5.10 Å². The van der Waals surface area contributed by atoms with E-state index in [1.54, 1.807) is 20.3 Å². The van der Waals surface area contributed by atoms with Crippen molar-refractivity contribution in [3.8, 4) is 0 Å². The van der Waals surface area contributed by atoms with Crippen LogP contribution < -0.4 is 10.9 Å². The maximum atomic E-state index is 11.8. The van der Waals surface area contributed by atoms with Crippen LogP contribution in [0.15, 0.2) is 23.6 Å². The smallest absolute Gasteiger partial charge is 0.287 e. The molecular weight excluding hydrogens is 270 g/mol. The third kappa shape index (κ3) is 4.34. The summed E-state index contributed by atoms with van der Waals surface area (Å²) in [7, 11) is 3.18. The molecule has 0 spiro atoms. The molecule has 106 valence electrons. The molecule has 1 aromatic heterocycles. The molecule has 1 rings (SSSR count). The standard InChI is InChI=1S/C12H18ClN3O3/c1-4-5-16-12(17)11(13)10(7-15-16)14-6-9(19-3)8-18-2/h4,7,9,14H,1,5-6,8H2,2-3H3. The van der Waals surface area contributed by atoms with Gasteiger partial charge >= 0.3 is 0 Å². The highest BCUT2D eigenvalue weighted by Gasteiger charge is 2.11. The van der Waals surface area contributed by atoms with E-state index in [0.717, 1.165) is 0 Å². The number of halogens is 1. The first-order valence-electron chi connectivity index (χ1n) is 5.76. The lowest BCUT2D eigenvalue weighted by Crippen LogP contribution is -2.28. The van der Waals surface area contributed by atoms with Crippen molar-refractivity contribution in [1.82, 2.24) is 9.78 Å². The number of rotatable bonds is 8. The Labute approximate surface area is 117 Å². The number of nitrogens with one attached hydrogen (secondary N) is 1. The van der Waals surface area contributed by atoms with Crippen LogP contribution in [-0.2, 0) is 16.0 Å². The molecule has 0 aliphatic rings. The van der Waals surface area contributed by atoms with E-state index in [4.69, 9.17) is 21.1 Å². The Kier molecular flexibility index (Phi) is 6.55. The van der Waals surface area contributed by atoms with E-state index < -0.39 is 0 Å². The second-order valence-corrected chi connectivity index (χ2v) is 4.22. The van der Waals surface area contributed by atoms with Crippen LogP contribution in [-0.4, -0.2) is 43.3 Å². The van der Waals surface area contributed by atoms with Gasteiger partial charge in [0.15, 0.2) is 0 Å². The summed E-state index contributed by atoms with van der Waals surface area (Å²) in [6.45, 7) is 4.79. The summed E-state index contributed by atoms with van der Waals surface area (Å²) < 4.78 is 11.4. The fourth-order valence-corrected chi connectivity index (χ4v) is 1.67. The van der Waals surface area contributed by atoms with Crippen molar-refractivity contribution in [3.05, 3.63) is 34.2 Å². The maximum Gasteiger partial charge on any atom is 0.287 e. The van der Waals surface area contributed by atoms with Gasteiger partial charge in [0.25, 0.3) is 5.56 Å². The fourth-order valence-electron chi connectivity index (χ4n) is 1.46. The van der Waals surface area contributed by atoms with Crippen LogP contribution in [0.1, 0.15) is 0 Å². The van der Waals surface area contributed by atoms with E-state index >= 15 is 0 Å². The summed E-state index contributed by atoms with van der Waals surface area (Å²) in [4.78, 5) is 11.8. The SMILES string of the molecule is C=CCn1ncc(NCC(COC)OC)c(Cl)c1=O. The van der Waals surface area contributed by atoms with Crippen LogP contribution in [0.3, 0.4) is 0 Å². The highest BCUT2D eigenvalue weighted by molar-refractivity contribution is 6.32. The van der Waals surface area contributed by atoms with Crippen LogP contribution in [0.2, 0.25) is 5.02 Å². The van der Waals surface area contributed by atoms with E-state index in [0.29, 0.717) is 25.4 Å². The molecule has 0 fully saturated rings. The average Bonchev–Trinajstić information content (AvgIpc) is 2.42. The fraction of sp³-hybridized carbons (Fsp3) is 0.500. The summed E-state index contributed by atoms with van der Waals surface area (Å²) in [5.41, 5.74) is 0.123. The Balaban J connectivity index is 2.77. The highest BCUT2D eigenvalue weighted by Crippen LogP contribution is 2.15. The predicted octanol–water partition coefficient (Wildman–Crippen LogP) is 1.16. The van der Waals surface area contributed by atoms with E-state index in [2.05, 4.69) is 17.0 Å². The van der Waals surface area contributed by atoms with Crippen LogP contribution in [0.5, 0.6) is 0 Å². The molecule has 0 saturated heterocycles. The number of allylic oxidation sites excluding steroid dienone is 1. The summed E-state index contributed by atoms with van der Waals surface area (Å²) in [6.07, 6.45) is 2.96. The third-order valence-corrected chi connectivity index (χ3v) is 2.86. The molecule has 0 radical (unpaired) electrons. The number of hydrogen-bond donors (Lipinski definition) is 1. The minimum atomic E-state index is -0.354. The molecule has 0 saturated carbocycles. The van der Waals surface area contributed by atoms with Gasteiger partial charge in [-0.1, -0.05) is 17.7 Å². The quantitative estimate of drug-likeness (QED) is 0.727. The van der Waals surface area contributed by atoms with Crippen LogP contribution >= 0.6 is 11.6 Å². The zero-order valence-corrected chi connectivity index (χ0v) is 11.8. The van der Waals surface area contributed by atoms with Crippen molar-refractivity contribution < 1.29 is 9.47 Å². The van der Waals surface area contributed by atoms with Crippen molar-refractivity contribution in [1.29, 1.82) is 0 Å². The van der Waals surface area contributed by atoms with Crippen LogP contribution in [0.4, 0.5) is 5.69 Å². The molecule has 1 unspecified atom stereocenters. The second-order valence-electron chi connectivity index (χ2n) is 3.84. The topological polar surface area (TPSA) is 65.4 Å². The number of nitrogens with zero attached hydrogens (tertiary/aromatic N) is 2. The van der Waals surface area contributed by atoms with E-state index in [1.165, 1.54) is 10.9 Å². The lowest BCUT2D eigenvalue weighted by Gasteiger charge is -2.16. The number of hydrogen-bond acceptors (Lipinski definition) is 5. The monoisotopic (exact) mass is 287 g/mol. The van der Waals surface area contributed by atoms with Gasteiger partial charge in [0.2, 0.25) is 0 Å². The Morgan fingerprint density at radius 3 is 2.95 bits per heavy atom. The van der Waals surface area contributed by atoms with Crippen LogP contribution in [0.25, 0.3) is 0 Å². The van der Waals surface area contributed by atoms with E-state index in [1.807, 2.05) is 0 Å². The molecule has 0 bridgehead atoms. The molecule has 1 atom stereocenters. The molecule has 1 heterocycles. The minimum Gasteiger partial charge on any atom is -0.382 e. The lowest BCUT2D eigenvalue weighted by atomic mass is 10.3. The van der Waals surface area contributed by atoms with E-state index in [-0.39, 0.29) is 16.7 Å². The van der Waals surface area contributed by atoms with Gasteiger partial charge in [-0.05, 0) is 0 Å². The van der Waals surface area contributed by atoms with Gasteiger partial charge < -0.3 is 14.8 Å². The van der Waals surface area contributed by atoms with Crippen molar-refractivity contribution in [3.63, 3.8) is 0 Å². The Morgan fingerprint density at radius 1 is 1.63 bits per heavy atom. The largest absolute Gasteiger partial charge is 0.382 e. The number of aromatic nitrogens is 2. The Hall–Kier alpha value is -1.37. The molecule has 19 heavy (non-hydrogen) atoms. The maximum absolute atomic E-state index is 11.8. The first-order chi connectivity index (χ1) is 9.13. The van der Waals surface area contributed by atoms with Gasteiger partial charge in [-0.3, -0.25) is 4.79 Å². The molecule has 0 aliphatic carbocycles. The van der Waals surface area contributed by atoms with Crippen molar-refractivity contribution in [2.75, 3.05) is 32.7 Å². The van der Waals surface area contributed by atoms with Crippen molar-refractivity contribution in [2.45, 2.75) is 12.6 Å². The molecule has 1 N–H and O–H groups in total. The molecule has 0 aromatic carbocycles. The first kappa shape index (κ1) is 15.7. The van der Waals surface area contributed by atoms with Crippen molar-refractivity contribution >= 4 is 17.3 Å². The Morgan fingerprint density at radius 2 is 2.37 bits per heavy atom. The second kappa shape index (κ2) is 7.93. The van der Waals surface area contributed by atoms with Gasteiger partial charge in [-0.25, -0.2) is 4.68 Å². The molecule has 1 aromatic rings. The number of anilines is 1. The summed E-state index contributed by atoms with van der Waals surface area (Å²) >= 11 is 6.00. The van der Waals surface area contributed by atoms with Gasteiger partial charge in [0, 0.05) is 20.8 Å². The normalized spacial score (nSPS) is 12.2. The van der Waals surface area contributed by atoms with Crippen molar-refractivity contribution in [2.24, 2.45) is 0 Å². The highest BCUT2D eigenvalue weighted by atomic mass is 35.5. The summed E-state index contributed by atoms with van der Waals surface area (Å²) in [5.74, 6) is 0. The first-order valence-corrected chi connectivity index (χ1v) is 6.14. The number of methoxy groups -OCH3 is 2. The zero-order chi connectivity index (χ0) is 14.3. The summed E-state index contributed by atoms with van der Waals surface area (Å²) in [5, 5.41) is 7.11. The third-order valence-electron chi connectivity index (χ3n) is 2.49. The zero-order valence-electron chi connectivity index (χ0n) is 11.1. The molecule has 0 amide bonds. The van der Waals surface area contributed by atoms with Gasteiger partial charge in [0.1, 0.15) is 5.02 Å². The molecule has 0 aliphatic heterocycles. The molecular formula is C12H18ClN3O3. The van der Waals surface area contributed by atoms with Crippen LogP contribution in [0, 0.1) is 0 Å². The van der Waals surface area contributed by atoms with Gasteiger partial charge in [0.05, 0.1) is 31.1 Å². The predicted molar refractivity (Wildman–Crippen MR) is 74.9 cm³/mol. The van der Waals surface area contributed by atoms with Gasteiger partial charge in [-0.15, -0.1) is 6.58 Å². The van der Waals surface area contributed by atoms with E-state index in [9.17, 15) is 4.79 Å². The Bertz CT molecular complexity index is 476.